The van der Waals surface area contributed by atoms with Gasteiger partial charge in [-0.1, -0.05) is 6.08 Å². The fraction of sp³-hybridized carbons (Fsp3) is 0.286. The summed E-state index contributed by atoms with van der Waals surface area (Å²) >= 11 is 5.45. The molecule has 1 aromatic heterocycles. The Labute approximate surface area is 65.1 Å². The molecule has 0 fully saturated rings. The van der Waals surface area contributed by atoms with Gasteiger partial charge in [-0.15, -0.1) is 11.6 Å². The van der Waals surface area contributed by atoms with Crippen molar-refractivity contribution in [2.24, 2.45) is 7.05 Å². The first kappa shape index (κ1) is 7.35. The Kier molecular flexibility index (Phi) is 2.51. The van der Waals surface area contributed by atoms with Crippen LogP contribution in [-0.2, 0) is 7.05 Å². The van der Waals surface area contributed by atoms with E-state index in [1.807, 2.05) is 30.0 Å². The summed E-state index contributed by atoms with van der Waals surface area (Å²) in [6, 6.07) is 0. The van der Waals surface area contributed by atoms with Crippen LogP contribution >= 0.6 is 11.6 Å². The van der Waals surface area contributed by atoms with Gasteiger partial charge in [0.2, 0.25) is 0 Å². The average Bonchev–Trinajstić information content (AvgIpc) is 2.31. The summed E-state index contributed by atoms with van der Waals surface area (Å²) in [5, 5.41) is 0. The number of imidazole rings is 1. The molecule has 0 radical (unpaired) electrons. The second kappa shape index (κ2) is 3.42. The zero-order chi connectivity index (χ0) is 7.40. The minimum atomic E-state index is 0.535. The lowest BCUT2D eigenvalue weighted by Crippen LogP contribution is -1.88. The number of alkyl halides is 1. The van der Waals surface area contributed by atoms with Crippen LogP contribution in [0.3, 0.4) is 0 Å². The van der Waals surface area contributed by atoms with Crippen molar-refractivity contribution in [2.45, 2.75) is 0 Å². The molecule has 54 valence electrons. The molecule has 0 aromatic carbocycles. The molecule has 0 unspecified atom stereocenters. The lowest BCUT2D eigenvalue weighted by atomic mass is 10.5. The summed E-state index contributed by atoms with van der Waals surface area (Å²) in [7, 11) is 1.95. The van der Waals surface area contributed by atoms with Crippen LogP contribution in [0.5, 0.6) is 0 Å². The number of halogens is 1. The largest absolute Gasteiger partial charge is 0.335 e. The highest BCUT2D eigenvalue weighted by Gasteiger charge is 1.89. The second-order valence-electron chi connectivity index (χ2n) is 1.95. The molecule has 0 bridgehead atoms. The van der Waals surface area contributed by atoms with E-state index < -0.39 is 0 Å². The van der Waals surface area contributed by atoms with Crippen molar-refractivity contribution in [3.8, 4) is 0 Å². The Hall–Kier alpha value is -0.760. The van der Waals surface area contributed by atoms with Gasteiger partial charge in [0.25, 0.3) is 0 Å². The summed E-state index contributed by atoms with van der Waals surface area (Å²) in [5.74, 6) is 1.47. The van der Waals surface area contributed by atoms with Gasteiger partial charge in [0.05, 0.1) is 0 Å². The molecule has 0 saturated heterocycles. The van der Waals surface area contributed by atoms with Gasteiger partial charge >= 0.3 is 0 Å². The van der Waals surface area contributed by atoms with E-state index in [9.17, 15) is 0 Å². The van der Waals surface area contributed by atoms with E-state index in [1.54, 1.807) is 6.20 Å². The molecule has 2 nitrogen and oxygen atoms in total. The first-order valence-electron chi connectivity index (χ1n) is 3.04. The Morgan fingerprint density at radius 1 is 1.80 bits per heavy atom. The molecule has 0 N–H and O–H groups in total. The van der Waals surface area contributed by atoms with Crippen molar-refractivity contribution in [3.05, 3.63) is 24.3 Å². The first-order valence-corrected chi connectivity index (χ1v) is 3.58. The lowest BCUT2D eigenvalue weighted by molar-refractivity contribution is 0.897. The molecule has 0 amide bonds. The summed E-state index contributed by atoms with van der Waals surface area (Å²) in [4.78, 5) is 4.07. The van der Waals surface area contributed by atoms with Gasteiger partial charge in [0.1, 0.15) is 5.82 Å². The molecule has 0 aliphatic heterocycles. The van der Waals surface area contributed by atoms with Crippen molar-refractivity contribution < 1.29 is 0 Å². The third-order valence-electron chi connectivity index (χ3n) is 1.21. The fourth-order valence-electron chi connectivity index (χ4n) is 0.688. The van der Waals surface area contributed by atoms with Crippen molar-refractivity contribution >= 4 is 17.7 Å². The highest BCUT2D eigenvalue weighted by molar-refractivity contribution is 6.19. The summed E-state index contributed by atoms with van der Waals surface area (Å²) < 4.78 is 1.93. The van der Waals surface area contributed by atoms with E-state index in [2.05, 4.69) is 4.98 Å². The molecule has 0 saturated carbocycles. The number of aromatic nitrogens is 2. The molecule has 0 spiro atoms. The molecule has 0 aliphatic rings. The number of aryl methyl sites for hydroxylation is 1. The molecule has 10 heavy (non-hydrogen) atoms. The van der Waals surface area contributed by atoms with Crippen LogP contribution < -0.4 is 0 Å². The van der Waals surface area contributed by atoms with E-state index in [0.29, 0.717) is 5.88 Å². The highest BCUT2D eigenvalue weighted by Crippen LogP contribution is 1.96. The van der Waals surface area contributed by atoms with Crippen LogP contribution in [0.25, 0.3) is 6.08 Å². The smallest absolute Gasteiger partial charge is 0.132 e. The number of rotatable bonds is 2. The SMILES string of the molecule is Cn1ccnc1C=CCCl. The minimum absolute atomic E-state index is 0.535. The first-order chi connectivity index (χ1) is 4.84. The molecule has 1 aromatic rings. The van der Waals surface area contributed by atoms with Crippen LogP contribution in [0.1, 0.15) is 5.82 Å². The van der Waals surface area contributed by atoms with Crippen LogP contribution in [0.2, 0.25) is 0 Å². The number of hydrogen-bond donors (Lipinski definition) is 0. The van der Waals surface area contributed by atoms with E-state index in [0.717, 1.165) is 5.82 Å². The number of nitrogens with zero attached hydrogens (tertiary/aromatic N) is 2. The predicted molar refractivity (Wildman–Crippen MR) is 43.0 cm³/mol. The van der Waals surface area contributed by atoms with Crippen molar-refractivity contribution in [3.63, 3.8) is 0 Å². The lowest BCUT2D eigenvalue weighted by Gasteiger charge is -1.91. The van der Waals surface area contributed by atoms with Gasteiger partial charge in [-0.25, -0.2) is 4.98 Å². The fourth-order valence-corrected chi connectivity index (χ4v) is 0.777. The maximum atomic E-state index is 5.45. The number of allylic oxidation sites excluding steroid dienone is 1. The Balaban J connectivity index is 2.74. The van der Waals surface area contributed by atoms with E-state index in [-0.39, 0.29) is 0 Å². The van der Waals surface area contributed by atoms with Crippen LogP contribution in [0.15, 0.2) is 18.5 Å². The predicted octanol–water partition coefficient (Wildman–Crippen LogP) is 1.67. The molecule has 1 heterocycles. The quantitative estimate of drug-likeness (QED) is 0.596. The Bertz CT molecular complexity index is 227. The van der Waals surface area contributed by atoms with Gasteiger partial charge in [0.15, 0.2) is 0 Å². The topological polar surface area (TPSA) is 17.8 Å². The molecule has 1 rings (SSSR count). The van der Waals surface area contributed by atoms with E-state index in [4.69, 9.17) is 11.6 Å². The third-order valence-corrected chi connectivity index (χ3v) is 1.39. The second-order valence-corrected chi connectivity index (χ2v) is 2.26. The number of hydrogen-bond acceptors (Lipinski definition) is 1. The van der Waals surface area contributed by atoms with E-state index in [1.165, 1.54) is 0 Å². The highest BCUT2D eigenvalue weighted by atomic mass is 35.5. The van der Waals surface area contributed by atoms with Crippen molar-refractivity contribution in [2.75, 3.05) is 5.88 Å². The molecular formula is C7H9ClN2. The third kappa shape index (κ3) is 1.61. The maximum Gasteiger partial charge on any atom is 0.132 e. The summed E-state index contributed by atoms with van der Waals surface area (Å²) in [6.45, 7) is 0. The summed E-state index contributed by atoms with van der Waals surface area (Å²) in [5.41, 5.74) is 0. The maximum absolute atomic E-state index is 5.45. The normalized spacial score (nSPS) is 11.0. The Morgan fingerprint density at radius 3 is 3.10 bits per heavy atom. The molecular weight excluding hydrogens is 148 g/mol. The molecule has 0 atom stereocenters. The minimum Gasteiger partial charge on any atom is -0.335 e. The van der Waals surface area contributed by atoms with Crippen molar-refractivity contribution in [1.82, 2.24) is 9.55 Å². The standard InChI is InChI=1S/C7H9ClN2/c1-10-6-5-9-7(10)3-2-4-8/h2-3,5-6H,4H2,1H3. The monoisotopic (exact) mass is 156 g/mol. The summed E-state index contributed by atoms with van der Waals surface area (Å²) in [6.07, 6.45) is 7.42. The van der Waals surface area contributed by atoms with Crippen molar-refractivity contribution in [1.29, 1.82) is 0 Å². The molecule has 0 aliphatic carbocycles. The van der Waals surface area contributed by atoms with Crippen LogP contribution in [0, 0.1) is 0 Å². The van der Waals surface area contributed by atoms with Gasteiger partial charge < -0.3 is 4.57 Å². The van der Waals surface area contributed by atoms with Gasteiger partial charge in [-0.05, 0) is 6.08 Å². The Morgan fingerprint density at radius 2 is 2.60 bits per heavy atom. The van der Waals surface area contributed by atoms with E-state index >= 15 is 0 Å². The van der Waals surface area contributed by atoms with Gasteiger partial charge in [0, 0.05) is 25.3 Å². The molecule has 3 heteroatoms. The zero-order valence-electron chi connectivity index (χ0n) is 5.79. The average molecular weight is 157 g/mol. The zero-order valence-corrected chi connectivity index (χ0v) is 6.54. The van der Waals surface area contributed by atoms with Crippen LogP contribution in [0.4, 0.5) is 0 Å². The van der Waals surface area contributed by atoms with Gasteiger partial charge in [-0.2, -0.15) is 0 Å². The van der Waals surface area contributed by atoms with Crippen LogP contribution in [-0.4, -0.2) is 15.4 Å². The van der Waals surface area contributed by atoms with Gasteiger partial charge in [-0.3, -0.25) is 0 Å².